The summed E-state index contributed by atoms with van der Waals surface area (Å²) in [5.74, 6) is 2.16. The third kappa shape index (κ3) is 4.89. The number of carbonyl (C=O) groups is 1. The number of rotatable bonds is 6. The molecule has 2 unspecified atom stereocenters. The fourth-order valence-electron chi connectivity index (χ4n) is 4.03. The fourth-order valence-corrected chi connectivity index (χ4v) is 6.39. The van der Waals surface area contributed by atoms with Crippen molar-refractivity contribution in [2.24, 2.45) is 5.92 Å². The van der Waals surface area contributed by atoms with E-state index in [1.807, 2.05) is 61.5 Å². The number of nitrogens with one attached hydrogen (secondary N) is 1. The van der Waals surface area contributed by atoms with Gasteiger partial charge in [0.05, 0.1) is 5.25 Å². The number of hydrogen-bond acceptors (Lipinski definition) is 6. The number of anilines is 1. The fraction of sp³-hybridized carbons (Fsp3) is 0.269. The molecule has 5 nitrogen and oxygen atoms in total. The van der Waals surface area contributed by atoms with E-state index in [-0.39, 0.29) is 11.2 Å². The summed E-state index contributed by atoms with van der Waals surface area (Å²) in [7, 11) is 0. The molecule has 0 spiro atoms. The number of para-hydroxylation sites is 1. The Kier molecular flexibility index (Phi) is 6.33. The number of amides is 1. The molecule has 0 bridgehead atoms. The van der Waals surface area contributed by atoms with Crippen LogP contribution < -0.4 is 10.1 Å². The Labute approximate surface area is 201 Å². The van der Waals surface area contributed by atoms with E-state index in [2.05, 4.69) is 22.2 Å². The zero-order valence-corrected chi connectivity index (χ0v) is 20.2. The monoisotopic (exact) mass is 475 g/mol. The van der Waals surface area contributed by atoms with Crippen LogP contribution in [-0.4, -0.2) is 21.1 Å². The summed E-state index contributed by atoms with van der Waals surface area (Å²) in [6, 6.07) is 17.0. The Balaban J connectivity index is 1.26. The lowest BCUT2D eigenvalue weighted by molar-refractivity contribution is -0.115. The number of fused-ring (bicyclic) bond motifs is 3. The topological polar surface area (TPSA) is 64.1 Å². The van der Waals surface area contributed by atoms with E-state index in [9.17, 15) is 4.79 Å². The van der Waals surface area contributed by atoms with Crippen LogP contribution in [0.4, 0.5) is 5.69 Å². The molecule has 0 aliphatic heterocycles. The predicted molar refractivity (Wildman–Crippen MR) is 136 cm³/mol. The number of aromatic nitrogens is 2. The first-order chi connectivity index (χ1) is 16.1. The minimum Gasteiger partial charge on any atom is -0.457 e. The molecule has 7 heteroatoms. The minimum absolute atomic E-state index is 0.0544. The number of nitrogens with zero attached hydrogens (tertiary/aromatic N) is 2. The van der Waals surface area contributed by atoms with E-state index < -0.39 is 0 Å². The van der Waals surface area contributed by atoms with E-state index in [1.54, 1.807) is 17.7 Å². The zero-order chi connectivity index (χ0) is 22.8. The molecule has 1 N–H and O–H groups in total. The first-order valence-corrected chi connectivity index (χ1v) is 12.8. The Hall–Kier alpha value is -2.90. The van der Waals surface area contributed by atoms with Gasteiger partial charge in [0.25, 0.3) is 0 Å². The number of hydrogen-bond donors (Lipinski definition) is 1. The molecule has 2 aromatic carbocycles. The lowest BCUT2D eigenvalue weighted by Crippen LogP contribution is -2.22. The summed E-state index contributed by atoms with van der Waals surface area (Å²) in [6.45, 7) is 4.23. The SMILES string of the molecule is CC1CCc2c(sc3ncnc(SC(C)C(=O)Nc4ccc(Oc5ccccc5)cc4)c23)C1. The smallest absolute Gasteiger partial charge is 0.237 e. The third-order valence-corrected chi connectivity index (χ3v) is 8.08. The predicted octanol–water partition coefficient (Wildman–Crippen LogP) is 6.73. The van der Waals surface area contributed by atoms with Crippen LogP contribution >= 0.6 is 23.1 Å². The first kappa shape index (κ1) is 21.9. The number of benzene rings is 2. The quantitative estimate of drug-likeness (QED) is 0.247. The Morgan fingerprint density at radius 3 is 2.67 bits per heavy atom. The van der Waals surface area contributed by atoms with Gasteiger partial charge in [0.15, 0.2) is 0 Å². The average Bonchev–Trinajstić information content (AvgIpc) is 3.19. The van der Waals surface area contributed by atoms with Crippen LogP contribution in [0.25, 0.3) is 10.2 Å². The molecule has 2 aromatic heterocycles. The molecule has 0 saturated heterocycles. The summed E-state index contributed by atoms with van der Waals surface area (Å²) in [4.78, 5) is 24.4. The number of thioether (sulfide) groups is 1. The Bertz CT molecular complexity index is 1270. The van der Waals surface area contributed by atoms with Crippen molar-refractivity contribution in [3.8, 4) is 11.5 Å². The summed E-state index contributed by atoms with van der Waals surface area (Å²) in [5.41, 5.74) is 2.13. The number of ether oxygens (including phenoxy) is 1. The maximum atomic E-state index is 12.9. The van der Waals surface area contributed by atoms with Gasteiger partial charge < -0.3 is 10.1 Å². The van der Waals surface area contributed by atoms with Gasteiger partial charge in [-0.1, -0.05) is 36.9 Å². The Morgan fingerprint density at radius 1 is 1.12 bits per heavy atom. The standard InChI is InChI=1S/C26H25N3O2S2/c1-16-8-13-21-22(14-16)33-26-23(21)25(27-15-28-26)32-17(2)24(30)29-18-9-11-20(12-10-18)31-19-6-4-3-5-7-19/h3-7,9-12,15-17H,8,13-14H2,1-2H3,(H,29,30). The molecule has 33 heavy (non-hydrogen) atoms. The van der Waals surface area contributed by atoms with E-state index in [4.69, 9.17) is 4.74 Å². The van der Waals surface area contributed by atoms with Gasteiger partial charge in [0, 0.05) is 16.0 Å². The molecule has 4 aromatic rings. The molecule has 1 aliphatic carbocycles. The van der Waals surface area contributed by atoms with Crippen molar-refractivity contribution in [3.63, 3.8) is 0 Å². The lowest BCUT2D eigenvalue weighted by Gasteiger charge is -2.18. The summed E-state index contributed by atoms with van der Waals surface area (Å²) in [6.07, 6.45) is 4.99. The number of aryl methyl sites for hydroxylation is 1. The van der Waals surface area contributed by atoms with Crippen LogP contribution in [-0.2, 0) is 17.6 Å². The van der Waals surface area contributed by atoms with Gasteiger partial charge >= 0.3 is 0 Å². The highest BCUT2D eigenvalue weighted by molar-refractivity contribution is 8.00. The number of carbonyl (C=O) groups excluding carboxylic acids is 1. The molecule has 0 radical (unpaired) electrons. The van der Waals surface area contributed by atoms with Crippen LogP contribution in [0.3, 0.4) is 0 Å². The van der Waals surface area contributed by atoms with Crippen molar-refractivity contribution in [2.45, 2.75) is 43.4 Å². The minimum atomic E-state index is -0.290. The first-order valence-electron chi connectivity index (χ1n) is 11.1. The molecule has 0 fully saturated rings. The van der Waals surface area contributed by atoms with Crippen molar-refractivity contribution in [1.29, 1.82) is 0 Å². The van der Waals surface area contributed by atoms with Gasteiger partial charge in [0.1, 0.15) is 27.7 Å². The maximum Gasteiger partial charge on any atom is 0.237 e. The third-order valence-electron chi connectivity index (χ3n) is 5.82. The van der Waals surface area contributed by atoms with Gasteiger partial charge in [-0.15, -0.1) is 11.3 Å². The molecular formula is C26H25N3O2S2. The second kappa shape index (κ2) is 9.53. The second-order valence-corrected chi connectivity index (χ2v) is 10.8. The van der Waals surface area contributed by atoms with Crippen LogP contribution in [0.1, 0.15) is 30.7 Å². The van der Waals surface area contributed by atoms with Gasteiger partial charge in [0.2, 0.25) is 5.91 Å². The Morgan fingerprint density at radius 2 is 1.88 bits per heavy atom. The van der Waals surface area contributed by atoms with Crippen molar-refractivity contribution in [1.82, 2.24) is 9.97 Å². The summed E-state index contributed by atoms with van der Waals surface area (Å²) in [5, 5.41) is 4.77. The van der Waals surface area contributed by atoms with Gasteiger partial charge in [-0.25, -0.2) is 9.97 Å². The van der Waals surface area contributed by atoms with Crippen molar-refractivity contribution < 1.29 is 9.53 Å². The molecule has 168 valence electrons. The highest BCUT2D eigenvalue weighted by Crippen LogP contribution is 2.41. The van der Waals surface area contributed by atoms with Crippen LogP contribution in [0.15, 0.2) is 66.0 Å². The van der Waals surface area contributed by atoms with E-state index in [1.165, 1.54) is 28.6 Å². The molecule has 2 heterocycles. The van der Waals surface area contributed by atoms with Gasteiger partial charge in [-0.05, 0) is 74.1 Å². The average molecular weight is 476 g/mol. The summed E-state index contributed by atoms with van der Waals surface area (Å²) < 4.78 is 5.82. The maximum absolute atomic E-state index is 12.9. The molecular weight excluding hydrogens is 450 g/mol. The zero-order valence-electron chi connectivity index (χ0n) is 18.6. The largest absolute Gasteiger partial charge is 0.457 e. The lowest BCUT2D eigenvalue weighted by atomic mass is 9.89. The summed E-state index contributed by atoms with van der Waals surface area (Å²) >= 11 is 3.28. The highest BCUT2D eigenvalue weighted by Gasteiger charge is 2.25. The van der Waals surface area contributed by atoms with Crippen molar-refractivity contribution in [3.05, 3.63) is 71.4 Å². The molecule has 1 amide bonds. The van der Waals surface area contributed by atoms with Gasteiger partial charge in [-0.2, -0.15) is 0 Å². The van der Waals surface area contributed by atoms with Crippen LogP contribution in [0.2, 0.25) is 0 Å². The molecule has 5 rings (SSSR count). The molecule has 1 aliphatic rings. The van der Waals surface area contributed by atoms with Crippen molar-refractivity contribution in [2.75, 3.05) is 5.32 Å². The van der Waals surface area contributed by atoms with Crippen molar-refractivity contribution >= 4 is 44.9 Å². The van der Waals surface area contributed by atoms with Gasteiger partial charge in [-0.3, -0.25) is 4.79 Å². The number of thiophene rings is 1. The molecule has 0 saturated carbocycles. The second-order valence-electron chi connectivity index (χ2n) is 8.40. The van der Waals surface area contributed by atoms with E-state index in [0.717, 1.165) is 45.3 Å². The van der Waals surface area contributed by atoms with Crippen LogP contribution in [0.5, 0.6) is 11.5 Å². The molecule has 2 atom stereocenters. The highest BCUT2D eigenvalue weighted by atomic mass is 32.2. The van der Waals surface area contributed by atoms with Crippen LogP contribution in [0, 0.1) is 5.92 Å². The van der Waals surface area contributed by atoms with E-state index in [0.29, 0.717) is 5.92 Å². The van der Waals surface area contributed by atoms with E-state index >= 15 is 0 Å². The normalized spacial score (nSPS) is 16.2.